The highest BCUT2D eigenvalue weighted by Crippen LogP contribution is 2.41. The van der Waals surface area contributed by atoms with Gasteiger partial charge in [0, 0.05) is 25.2 Å². The molecule has 8 heteroatoms. The SMILES string of the molecule is COc1cc2c(cc1OC)C(CCCCCC1c3cc(OC)c(OC)cc3CCN1C)N(C)CC2.Cl.Cl. The third kappa shape index (κ3) is 6.78. The van der Waals surface area contributed by atoms with Gasteiger partial charge >= 0.3 is 0 Å². The lowest BCUT2D eigenvalue weighted by atomic mass is 9.87. The van der Waals surface area contributed by atoms with Crippen molar-refractivity contribution in [3.05, 3.63) is 46.5 Å². The normalized spacial score (nSPS) is 19.1. The second kappa shape index (κ2) is 14.3. The molecule has 2 atom stereocenters. The number of methoxy groups -OCH3 is 4. The Morgan fingerprint density at radius 1 is 0.595 bits per heavy atom. The summed E-state index contributed by atoms with van der Waals surface area (Å²) in [6.45, 7) is 2.17. The largest absolute Gasteiger partial charge is 0.493 e. The molecule has 2 aliphatic heterocycles. The lowest BCUT2D eigenvalue weighted by molar-refractivity contribution is 0.204. The van der Waals surface area contributed by atoms with Gasteiger partial charge in [-0.05, 0) is 86.3 Å². The minimum absolute atomic E-state index is 0. The van der Waals surface area contributed by atoms with Gasteiger partial charge in [0.05, 0.1) is 28.4 Å². The number of likely N-dealkylation sites (N-methyl/N-ethyl adjacent to an activating group) is 2. The van der Waals surface area contributed by atoms with E-state index < -0.39 is 0 Å². The maximum absolute atomic E-state index is 5.60. The molecule has 0 aliphatic carbocycles. The fourth-order valence-corrected chi connectivity index (χ4v) is 5.91. The second-order valence-corrected chi connectivity index (χ2v) is 9.94. The van der Waals surface area contributed by atoms with E-state index >= 15 is 0 Å². The summed E-state index contributed by atoms with van der Waals surface area (Å²) in [5, 5.41) is 0. The van der Waals surface area contributed by atoms with Gasteiger partial charge in [0.25, 0.3) is 0 Å². The molecule has 0 spiro atoms. The van der Waals surface area contributed by atoms with Crippen LogP contribution in [0.15, 0.2) is 24.3 Å². The lowest BCUT2D eigenvalue weighted by Gasteiger charge is -2.36. The van der Waals surface area contributed by atoms with Crippen LogP contribution in [0.2, 0.25) is 0 Å². The van der Waals surface area contributed by atoms with E-state index in [4.69, 9.17) is 18.9 Å². The van der Waals surface area contributed by atoms with Gasteiger partial charge in [-0.25, -0.2) is 0 Å². The van der Waals surface area contributed by atoms with Crippen LogP contribution < -0.4 is 18.9 Å². The summed E-state index contributed by atoms with van der Waals surface area (Å²) in [5.41, 5.74) is 5.60. The molecule has 2 unspecified atom stereocenters. The first-order chi connectivity index (χ1) is 17.0. The van der Waals surface area contributed by atoms with Gasteiger partial charge in [0.15, 0.2) is 23.0 Å². The van der Waals surface area contributed by atoms with Crippen LogP contribution >= 0.6 is 24.8 Å². The molecule has 0 saturated heterocycles. The Labute approximate surface area is 235 Å². The molecule has 0 radical (unpaired) electrons. The summed E-state index contributed by atoms with van der Waals surface area (Å²) >= 11 is 0. The predicted molar refractivity (Wildman–Crippen MR) is 155 cm³/mol. The smallest absolute Gasteiger partial charge is 0.161 e. The molecule has 2 aliphatic rings. The summed E-state index contributed by atoms with van der Waals surface area (Å²) in [6.07, 6.45) is 8.13. The first kappa shape index (κ1) is 31.4. The molecule has 0 bridgehead atoms. The van der Waals surface area contributed by atoms with Crippen LogP contribution in [0.4, 0.5) is 0 Å². The lowest BCUT2D eigenvalue weighted by Crippen LogP contribution is -2.32. The first-order valence-electron chi connectivity index (χ1n) is 12.9. The highest BCUT2D eigenvalue weighted by atomic mass is 35.5. The van der Waals surface area contributed by atoms with E-state index in [9.17, 15) is 0 Å². The molecule has 2 heterocycles. The van der Waals surface area contributed by atoms with E-state index in [0.717, 1.165) is 48.9 Å². The Morgan fingerprint density at radius 2 is 0.946 bits per heavy atom. The molecule has 0 saturated carbocycles. The molecule has 0 amide bonds. The van der Waals surface area contributed by atoms with Crippen molar-refractivity contribution < 1.29 is 18.9 Å². The van der Waals surface area contributed by atoms with E-state index in [0.29, 0.717) is 12.1 Å². The third-order valence-corrected chi connectivity index (χ3v) is 8.00. The van der Waals surface area contributed by atoms with Crippen LogP contribution in [-0.4, -0.2) is 65.4 Å². The van der Waals surface area contributed by atoms with Crippen LogP contribution in [0.25, 0.3) is 0 Å². The zero-order chi connectivity index (χ0) is 24.9. The van der Waals surface area contributed by atoms with Crippen LogP contribution in [-0.2, 0) is 12.8 Å². The van der Waals surface area contributed by atoms with Crippen molar-refractivity contribution in [3.63, 3.8) is 0 Å². The van der Waals surface area contributed by atoms with E-state index in [1.54, 1.807) is 28.4 Å². The van der Waals surface area contributed by atoms with Crippen molar-refractivity contribution in [2.45, 2.75) is 57.0 Å². The topological polar surface area (TPSA) is 43.4 Å². The predicted octanol–water partition coefficient (Wildman–Crippen LogP) is 6.27. The molecule has 0 N–H and O–H groups in total. The van der Waals surface area contributed by atoms with Gasteiger partial charge in [-0.15, -0.1) is 24.8 Å². The van der Waals surface area contributed by atoms with Gasteiger partial charge < -0.3 is 18.9 Å². The molecule has 4 rings (SSSR count). The highest BCUT2D eigenvalue weighted by Gasteiger charge is 2.28. The Kier molecular flexibility index (Phi) is 12.2. The number of rotatable bonds is 10. The molecule has 6 nitrogen and oxygen atoms in total. The second-order valence-electron chi connectivity index (χ2n) is 9.94. The first-order valence-corrected chi connectivity index (χ1v) is 12.9. The van der Waals surface area contributed by atoms with Gasteiger partial charge in [0.1, 0.15) is 0 Å². The van der Waals surface area contributed by atoms with Gasteiger partial charge in [0.2, 0.25) is 0 Å². The van der Waals surface area contributed by atoms with Crippen LogP contribution in [0.5, 0.6) is 23.0 Å². The zero-order valence-corrected chi connectivity index (χ0v) is 24.8. The van der Waals surface area contributed by atoms with E-state index in [-0.39, 0.29) is 24.8 Å². The van der Waals surface area contributed by atoms with Crippen molar-refractivity contribution in [2.75, 3.05) is 55.6 Å². The number of halogens is 2. The molecule has 208 valence electrons. The van der Waals surface area contributed by atoms with E-state index in [1.165, 1.54) is 54.4 Å². The number of nitrogens with zero attached hydrogens (tertiary/aromatic N) is 2. The van der Waals surface area contributed by atoms with Gasteiger partial charge in [-0.1, -0.05) is 19.3 Å². The van der Waals surface area contributed by atoms with Crippen LogP contribution in [0.3, 0.4) is 0 Å². The monoisotopic (exact) mass is 554 g/mol. The summed E-state index contributed by atoms with van der Waals surface area (Å²) in [7, 11) is 11.4. The van der Waals surface area contributed by atoms with Crippen molar-refractivity contribution >= 4 is 24.8 Å². The molecule has 0 fully saturated rings. The summed E-state index contributed by atoms with van der Waals surface area (Å²) < 4.78 is 22.3. The Morgan fingerprint density at radius 3 is 1.30 bits per heavy atom. The average molecular weight is 556 g/mol. The fourth-order valence-electron chi connectivity index (χ4n) is 5.91. The standard InChI is InChI=1S/C29H42N2O4.2ClH/c1-30-14-12-20-16-26(32-3)28(34-5)18-22(20)24(30)10-8-7-9-11-25-23-19-29(35-6)27(33-4)17-21(23)13-15-31(25)2;;/h16-19,24-25H,7-15H2,1-6H3;2*1H. The maximum Gasteiger partial charge on any atom is 0.161 e. The third-order valence-electron chi connectivity index (χ3n) is 8.00. The van der Waals surface area contributed by atoms with Crippen LogP contribution in [0, 0.1) is 0 Å². The molecular formula is C29H44Cl2N2O4. The number of hydrogen-bond acceptors (Lipinski definition) is 6. The van der Waals surface area contributed by atoms with Crippen molar-refractivity contribution in [1.29, 1.82) is 0 Å². The number of ether oxygens (including phenoxy) is 4. The van der Waals surface area contributed by atoms with E-state index in [2.05, 4.69) is 48.2 Å². The summed E-state index contributed by atoms with van der Waals surface area (Å²) in [5.74, 6) is 3.33. The number of hydrogen-bond donors (Lipinski definition) is 0. The Bertz CT molecular complexity index is 940. The minimum atomic E-state index is 0. The molecule has 37 heavy (non-hydrogen) atoms. The van der Waals surface area contributed by atoms with E-state index in [1.807, 2.05) is 0 Å². The zero-order valence-electron chi connectivity index (χ0n) is 23.2. The maximum atomic E-state index is 5.60. The minimum Gasteiger partial charge on any atom is -0.493 e. The average Bonchev–Trinajstić information content (AvgIpc) is 2.88. The molecular weight excluding hydrogens is 511 g/mol. The quantitative estimate of drug-likeness (QED) is 0.322. The number of benzene rings is 2. The van der Waals surface area contributed by atoms with Crippen molar-refractivity contribution in [3.8, 4) is 23.0 Å². The Hall–Kier alpha value is -1.86. The van der Waals surface area contributed by atoms with Crippen LogP contribution in [0.1, 0.15) is 66.4 Å². The Balaban J connectivity index is 0.00000241. The van der Waals surface area contributed by atoms with Gasteiger partial charge in [-0.2, -0.15) is 0 Å². The number of unbranched alkanes of at least 4 members (excludes halogenated alkanes) is 2. The van der Waals surface area contributed by atoms with Crippen molar-refractivity contribution in [2.24, 2.45) is 0 Å². The van der Waals surface area contributed by atoms with Crippen molar-refractivity contribution in [1.82, 2.24) is 9.80 Å². The molecule has 2 aromatic carbocycles. The molecule has 0 aromatic heterocycles. The number of fused-ring (bicyclic) bond motifs is 2. The summed E-state index contributed by atoms with van der Waals surface area (Å²) in [6, 6.07) is 9.62. The fraction of sp³-hybridized carbons (Fsp3) is 0.586. The highest BCUT2D eigenvalue weighted by molar-refractivity contribution is 5.85. The molecule has 2 aromatic rings. The van der Waals surface area contributed by atoms with Gasteiger partial charge in [-0.3, -0.25) is 9.80 Å². The summed E-state index contributed by atoms with van der Waals surface area (Å²) in [4.78, 5) is 5.00.